The number of aliphatic imine (C=N–C) groups is 1. The van der Waals surface area contributed by atoms with Crippen LogP contribution in [0.1, 0.15) is 0 Å². The third-order valence-corrected chi connectivity index (χ3v) is 2.40. The minimum absolute atomic E-state index is 0.240. The molecule has 0 bridgehead atoms. The van der Waals surface area contributed by atoms with E-state index in [9.17, 15) is 4.79 Å². The van der Waals surface area contributed by atoms with E-state index in [0.29, 0.717) is 10.7 Å². The van der Waals surface area contributed by atoms with Gasteiger partial charge in [0, 0.05) is 0 Å². The maximum absolute atomic E-state index is 11.4. The smallest absolute Gasteiger partial charge is 0.258 e. The average molecular weight is 207 g/mol. The van der Waals surface area contributed by atoms with Gasteiger partial charge in [-0.2, -0.15) is 15.5 Å². The lowest BCUT2D eigenvalue weighted by molar-refractivity contribution is -0.116. The van der Waals surface area contributed by atoms with Crippen molar-refractivity contribution in [2.75, 3.05) is 5.75 Å². The van der Waals surface area contributed by atoms with Gasteiger partial charge in [-0.05, 0) is 0 Å². The highest BCUT2D eigenvalue weighted by Crippen LogP contribution is 2.21. The SMILES string of the molecule is N#CCSC1=NC2N=NC=C2C(=O)N1. The van der Waals surface area contributed by atoms with Crippen molar-refractivity contribution in [1.82, 2.24) is 5.32 Å². The van der Waals surface area contributed by atoms with Crippen molar-refractivity contribution in [3.8, 4) is 6.07 Å². The Morgan fingerprint density at radius 2 is 2.57 bits per heavy atom. The molecule has 0 saturated heterocycles. The molecule has 0 fully saturated rings. The van der Waals surface area contributed by atoms with E-state index in [4.69, 9.17) is 5.26 Å². The van der Waals surface area contributed by atoms with Crippen molar-refractivity contribution in [2.45, 2.75) is 6.17 Å². The third kappa shape index (κ3) is 1.52. The summed E-state index contributed by atoms with van der Waals surface area (Å²) >= 11 is 1.18. The second-order valence-corrected chi connectivity index (χ2v) is 3.49. The van der Waals surface area contributed by atoms with E-state index in [1.165, 1.54) is 18.0 Å². The Hall–Kier alpha value is -1.68. The first-order valence-corrected chi connectivity index (χ1v) is 4.79. The van der Waals surface area contributed by atoms with Gasteiger partial charge in [-0.1, -0.05) is 11.8 Å². The van der Waals surface area contributed by atoms with Crippen LogP contribution in [0.15, 0.2) is 27.0 Å². The topological polar surface area (TPSA) is 90.0 Å². The summed E-state index contributed by atoms with van der Waals surface area (Å²) in [5.74, 6) is 0.0117. The van der Waals surface area contributed by atoms with Gasteiger partial charge in [0.05, 0.1) is 23.6 Å². The first-order chi connectivity index (χ1) is 6.81. The Labute approximate surface area is 83.8 Å². The number of nitrogens with zero attached hydrogens (tertiary/aromatic N) is 4. The third-order valence-electron chi connectivity index (χ3n) is 1.65. The fourth-order valence-electron chi connectivity index (χ4n) is 1.05. The van der Waals surface area contributed by atoms with Crippen LogP contribution in [-0.2, 0) is 4.79 Å². The Morgan fingerprint density at radius 1 is 1.71 bits per heavy atom. The van der Waals surface area contributed by atoms with E-state index in [-0.39, 0.29) is 11.7 Å². The van der Waals surface area contributed by atoms with Crippen LogP contribution in [-0.4, -0.2) is 23.0 Å². The van der Waals surface area contributed by atoms with Crippen molar-refractivity contribution < 1.29 is 4.79 Å². The Balaban J connectivity index is 2.15. The van der Waals surface area contributed by atoms with E-state index >= 15 is 0 Å². The van der Waals surface area contributed by atoms with Crippen molar-refractivity contribution in [3.63, 3.8) is 0 Å². The Morgan fingerprint density at radius 3 is 3.36 bits per heavy atom. The molecule has 1 amide bonds. The monoisotopic (exact) mass is 207 g/mol. The van der Waals surface area contributed by atoms with E-state index in [1.54, 1.807) is 0 Å². The molecule has 2 rings (SSSR count). The van der Waals surface area contributed by atoms with Crippen molar-refractivity contribution in [3.05, 3.63) is 11.8 Å². The summed E-state index contributed by atoms with van der Waals surface area (Å²) in [5.41, 5.74) is 0.450. The van der Waals surface area contributed by atoms with Gasteiger partial charge in [0.1, 0.15) is 0 Å². The minimum atomic E-state index is -0.509. The number of nitriles is 1. The quantitative estimate of drug-likeness (QED) is 0.674. The summed E-state index contributed by atoms with van der Waals surface area (Å²) in [6.45, 7) is 0. The molecule has 2 heterocycles. The highest BCUT2D eigenvalue weighted by atomic mass is 32.2. The predicted molar refractivity (Wildman–Crippen MR) is 50.4 cm³/mol. The van der Waals surface area contributed by atoms with Gasteiger partial charge in [-0.25, -0.2) is 4.99 Å². The summed E-state index contributed by atoms with van der Waals surface area (Å²) in [7, 11) is 0. The molecule has 1 N–H and O–H groups in total. The van der Waals surface area contributed by atoms with E-state index in [1.807, 2.05) is 6.07 Å². The van der Waals surface area contributed by atoms with Crippen LogP contribution in [0.4, 0.5) is 0 Å². The number of hydrogen-bond acceptors (Lipinski definition) is 6. The molecule has 0 aromatic carbocycles. The zero-order chi connectivity index (χ0) is 9.97. The molecule has 14 heavy (non-hydrogen) atoms. The molecule has 6 nitrogen and oxygen atoms in total. The highest BCUT2D eigenvalue weighted by molar-refractivity contribution is 8.14. The van der Waals surface area contributed by atoms with Gasteiger partial charge in [-0.3, -0.25) is 4.79 Å². The first-order valence-electron chi connectivity index (χ1n) is 3.80. The van der Waals surface area contributed by atoms with Crippen LogP contribution < -0.4 is 5.32 Å². The number of nitrogens with one attached hydrogen (secondary N) is 1. The molecule has 2 aliphatic rings. The second-order valence-electron chi connectivity index (χ2n) is 2.52. The number of azo groups is 1. The lowest BCUT2D eigenvalue weighted by Gasteiger charge is -2.15. The molecule has 7 heteroatoms. The first kappa shape index (κ1) is 8.90. The van der Waals surface area contributed by atoms with Crippen LogP contribution in [0.2, 0.25) is 0 Å². The number of rotatable bonds is 1. The lowest BCUT2D eigenvalue weighted by atomic mass is 10.2. The van der Waals surface area contributed by atoms with Crippen LogP contribution in [0.5, 0.6) is 0 Å². The molecule has 0 aromatic heterocycles. The highest BCUT2D eigenvalue weighted by Gasteiger charge is 2.29. The van der Waals surface area contributed by atoms with E-state index in [0.717, 1.165) is 0 Å². The molecular formula is C7H5N5OS. The van der Waals surface area contributed by atoms with Gasteiger partial charge in [0.25, 0.3) is 5.91 Å². The molecule has 1 atom stereocenters. The van der Waals surface area contributed by atoms with Crippen molar-refractivity contribution in [2.24, 2.45) is 15.2 Å². The molecular weight excluding hydrogens is 202 g/mol. The fourth-order valence-corrected chi connectivity index (χ4v) is 1.59. The van der Waals surface area contributed by atoms with E-state index in [2.05, 4.69) is 20.5 Å². The van der Waals surface area contributed by atoms with E-state index < -0.39 is 6.17 Å². The number of amidine groups is 1. The van der Waals surface area contributed by atoms with Crippen LogP contribution in [0.25, 0.3) is 0 Å². The molecule has 2 aliphatic heterocycles. The fraction of sp³-hybridized carbons (Fsp3) is 0.286. The maximum atomic E-state index is 11.4. The zero-order valence-electron chi connectivity index (χ0n) is 6.97. The molecule has 0 aromatic rings. The van der Waals surface area contributed by atoms with Gasteiger partial charge in [-0.15, -0.1) is 0 Å². The zero-order valence-corrected chi connectivity index (χ0v) is 7.78. The summed E-state index contributed by atoms with van der Waals surface area (Å²) < 4.78 is 0. The standard InChI is InChI=1S/C7H5N5OS/c8-1-2-14-7-10-5-4(3-9-12-5)6(13)11-7/h3,5H,2H2,(H,10,11,13). The molecule has 0 saturated carbocycles. The second kappa shape index (κ2) is 3.59. The molecule has 0 aliphatic carbocycles. The molecule has 1 unspecified atom stereocenters. The molecule has 0 radical (unpaired) electrons. The van der Waals surface area contributed by atoms with Crippen molar-refractivity contribution in [1.29, 1.82) is 5.26 Å². The summed E-state index contributed by atoms with van der Waals surface area (Å²) in [5, 5.41) is 18.7. The van der Waals surface area contributed by atoms with Gasteiger partial charge in [0.15, 0.2) is 11.3 Å². The van der Waals surface area contributed by atoms with Crippen LogP contribution in [0.3, 0.4) is 0 Å². The lowest BCUT2D eigenvalue weighted by Crippen LogP contribution is -2.37. The van der Waals surface area contributed by atoms with Crippen molar-refractivity contribution >= 4 is 22.8 Å². The molecule has 0 spiro atoms. The number of fused-ring (bicyclic) bond motifs is 1. The minimum Gasteiger partial charge on any atom is -0.301 e. The molecule has 70 valence electrons. The van der Waals surface area contributed by atoms with Crippen LogP contribution >= 0.6 is 11.8 Å². The number of amides is 1. The largest absolute Gasteiger partial charge is 0.301 e. The van der Waals surface area contributed by atoms with Gasteiger partial charge >= 0.3 is 0 Å². The predicted octanol–water partition coefficient (Wildman–Crippen LogP) is 0.405. The van der Waals surface area contributed by atoms with Gasteiger partial charge < -0.3 is 5.32 Å². The van der Waals surface area contributed by atoms with Crippen LogP contribution in [0, 0.1) is 11.3 Å². The Bertz CT molecular complexity index is 405. The summed E-state index contributed by atoms with van der Waals surface area (Å²) in [6, 6.07) is 1.95. The normalized spacial score (nSPS) is 23.4. The Kier molecular flexibility index (Phi) is 2.28. The average Bonchev–Trinajstić information content (AvgIpc) is 2.63. The number of carbonyl (C=O) groups excluding carboxylic acids is 1. The number of carbonyl (C=O) groups is 1. The van der Waals surface area contributed by atoms with Gasteiger partial charge in [0.2, 0.25) is 0 Å². The maximum Gasteiger partial charge on any atom is 0.258 e. The number of thioether (sulfide) groups is 1. The number of hydrogen-bond donors (Lipinski definition) is 1. The summed E-state index contributed by atoms with van der Waals surface area (Å²) in [4.78, 5) is 15.5. The summed E-state index contributed by atoms with van der Waals surface area (Å²) in [6.07, 6.45) is 0.889.